The number of para-hydroxylation sites is 1. The summed E-state index contributed by atoms with van der Waals surface area (Å²) in [7, 11) is 0. The van der Waals surface area contributed by atoms with Crippen LogP contribution in [0.25, 0.3) is 10.9 Å². The van der Waals surface area contributed by atoms with Crippen molar-refractivity contribution in [1.82, 2.24) is 4.98 Å². The molecule has 100 valence electrons. The van der Waals surface area contributed by atoms with Crippen LogP contribution in [0.3, 0.4) is 0 Å². The van der Waals surface area contributed by atoms with E-state index in [9.17, 15) is 0 Å². The Labute approximate surface area is 123 Å². The number of halogens is 1. The van der Waals surface area contributed by atoms with Crippen LogP contribution in [0.2, 0.25) is 5.02 Å². The van der Waals surface area contributed by atoms with E-state index in [-0.39, 0.29) is 6.04 Å². The number of benzene rings is 2. The number of anilines is 1. The van der Waals surface area contributed by atoms with Crippen LogP contribution in [-0.2, 0) is 0 Å². The Hall–Kier alpha value is -2.06. The van der Waals surface area contributed by atoms with E-state index in [0.717, 1.165) is 27.2 Å². The van der Waals surface area contributed by atoms with Gasteiger partial charge in [-0.05, 0) is 36.8 Å². The summed E-state index contributed by atoms with van der Waals surface area (Å²) in [6.45, 7) is 2.11. The maximum Gasteiger partial charge on any atom is 0.0703 e. The normalized spacial score (nSPS) is 12.3. The molecule has 0 aliphatic heterocycles. The number of hydrogen-bond acceptors (Lipinski definition) is 2. The van der Waals surface area contributed by atoms with Crippen molar-refractivity contribution in [1.29, 1.82) is 0 Å². The van der Waals surface area contributed by atoms with Crippen LogP contribution in [0.4, 0.5) is 5.69 Å². The molecule has 1 atom stereocenters. The molecular weight excluding hydrogens is 268 g/mol. The minimum Gasteiger partial charge on any atom is -0.377 e. The number of pyridine rings is 1. The smallest absolute Gasteiger partial charge is 0.0703 e. The molecule has 0 bridgehead atoms. The SMILES string of the molecule is CC(Nc1cnc2ccccc2c1)c1cccc(Cl)c1. The van der Waals surface area contributed by atoms with E-state index in [1.807, 2.05) is 42.6 Å². The quantitative estimate of drug-likeness (QED) is 0.726. The maximum atomic E-state index is 6.03. The van der Waals surface area contributed by atoms with Crippen molar-refractivity contribution < 1.29 is 0 Å². The average Bonchev–Trinajstić information content (AvgIpc) is 2.47. The van der Waals surface area contributed by atoms with Gasteiger partial charge in [-0.2, -0.15) is 0 Å². The molecule has 0 saturated carbocycles. The summed E-state index contributed by atoms with van der Waals surface area (Å²) in [6, 6.07) is 18.3. The fourth-order valence-corrected chi connectivity index (χ4v) is 2.46. The van der Waals surface area contributed by atoms with Gasteiger partial charge in [0.2, 0.25) is 0 Å². The summed E-state index contributed by atoms with van der Waals surface area (Å²) >= 11 is 6.03. The first-order valence-electron chi connectivity index (χ1n) is 6.59. The summed E-state index contributed by atoms with van der Waals surface area (Å²) in [5, 5.41) is 5.35. The highest BCUT2D eigenvalue weighted by Crippen LogP contribution is 2.23. The van der Waals surface area contributed by atoms with E-state index in [2.05, 4.69) is 35.4 Å². The van der Waals surface area contributed by atoms with Gasteiger partial charge >= 0.3 is 0 Å². The van der Waals surface area contributed by atoms with Gasteiger partial charge in [0.1, 0.15) is 0 Å². The number of nitrogens with zero attached hydrogens (tertiary/aromatic N) is 1. The van der Waals surface area contributed by atoms with Crippen molar-refractivity contribution >= 4 is 28.2 Å². The fraction of sp³-hybridized carbons (Fsp3) is 0.118. The molecule has 1 N–H and O–H groups in total. The van der Waals surface area contributed by atoms with Crippen molar-refractivity contribution in [2.45, 2.75) is 13.0 Å². The number of hydrogen-bond donors (Lipinski definition) is 1. The zero-order chi connectivity index (χ0) is 13.9. The van der Waals surface area contributed by atoms with Gasteiger partial charge in [0.25, 0.3) is 0 Å². The molecule has 2 nitrogen and oxygen atoms in total. The Kier molecular flexibility index (Phi) is 3.57. The van der Waals surface area contributed by atoms with Crippen LogP contribution >= 0.6 is 11.6 Å². The lowest BCUT2D eigenvalue weighted by atomic mass is 10.1. The molecule has 0 amide bonds. The van der Waals surface area contributed by atoms with Gasteiger partial charge in [-0.1, -0.05) is 41.9 Å². The molecule has 0 fully saturated rings. The summed E-state index contributed by atoms with van der Waals surface area (Å²) in [6.07, 6.45) is 1.86. The molecule has 0 radical (unpaired) electrons. The molecule has 0 aliphatic carbocycles. The number of nitrogens with one attached hydrogen (secondary N) is 1. The summed E-state index contributed by atoms with van der Waals surface area (Å²) in [4.78, 5) is 4.46. The van der Waals surface area contributed by atoms with E-state index in [1.165, 1.54) is 0 Å². The zero-order valence-corrected chi connectivity index (χ0v) is 11.9. The molecule has 1 unspecified atom stereocenters. The fourth-order valence-electron chi connectivity index (χ4n) is 2.26. The lowest BCUT2D eigenvalue weighted by molar-refractivity contribution is 0.884. The van der Waals surface area contributed by atoms with E-state index < -0.39 is 0 Å². The molecule has 0 aliphatic rings. The number of fused-ring (bicyclic) bond motifs is 1. The zero-order valence-electron chi connectivity index (χ0n) is 11.2. The third-order valence-corrected chi connectivity index (χ3v) is 3.56. The van der Waals surface area contributed by atoms with E-state index in [1.54, 1.807) is 0 Å². The predicted octanol–water partition coefficient (Wildman–Crippen LogP) is 5.06. The second-order valence-electron chi connectivity index (χ2n) is 4.84. The van der Waals surface area contributed by atoms with Crippen molar-refractivity contribution in [3.05, 3.63) is 71.4 Å². The molecule has 0 saturated heterocycles. The Balaban J connectivity index is 1.85. The van der Waals surface area contributed by atoms with Crippen LogP contribution in [0.5, 0.6) is 0 Å². The summed E-state index contributed by atoms with van der Waals surface area (Å²) < 4.78 is 0. The van der Waals surface area contributed by atoms with Gasteiger partial charge in [-0.15, -0.1) is 0 Å². The highest BCUT2D eigenvalue weighted by atomic mass is 35.5. The first kappa shape index (κ1) is 12.9. The van der Waals surface area contributed by atoms with Crippen LogP contribution in [0, 0.1) is 0 Å². The highest BCUT2D eigenvalue weighted by Gasteiger charge is 2.06. The van der Waals surface area contributed by atoms with E-state index in [0.29, 0.717) is 0 Å². The number of aromatic nitrogens is 1. The Morgan fingerprint density at radius 2 is 1.90 bits per heavy atom. The molecule has 2 aromatic carbocycles. The summed E-state index contributed by atoms with van der Waals surface area (Å²) in [5.74, 6) is 0. The van der Waals surface area contributed by atoms with Gasteiger partial charge in [0, 0.05) is 16.5 Å². The standard InChI is InChI=1S/C17H15ClN2/c1-12(13-6-4-7-15(18)9-13)20-16-10-14-5-2-3-8-17(14)19-11-16/h2-12,20H,1H3. The van der Waals surface area contributed by atoms with E-state index in [4.69, 9.17) is 11.6 Å². The van der Waals surface area contributed by atoms with Crippen LogP contribution in [0.1, 0.15) is 18.5 Å². The molecule has 1 aromatic heterocycles. The second-order valence-corrected chi connectivity index (χ2v) is 5.27. The Bertz CT molecular complexity index is 740. The topological polar surface area (TPSA) is 24.9 Å². The van der Waals surface area contributed by atoms with Crippen LogP contribution in [0.15, 0.2) is 60.8 Å². The summed E-state index contributed by atoms with van der Waals surface area (Å²) in [5.41, 5.74) is 3.18. The largest absolute Gasteiger partial charge is 0.377 e. The number of rotatable bonds is 3. The minimum absolute atomic E-state index is 0.177. The van der Waals surface area contributed by atoms with Crippen molar-refractivity contribution in [2.75, 3.05) is 5.32 Å². The Morgan fingerprint density at radius 1 is 1.05 bits per heavy atom. The Morgan fingerprint density at radius 3 is 2.75 bits per heavy atom. The van der Waals surface area contributed by atoms with Gasteiger partial charge in [0.15, 0.2) is 0 Å². The third-order valence-electron chi connectivity index (χ3n) is 3.32. The van der Waals surface area contributed by atoms with E-state index >= 15 is 0 Å². The van der Waals surface area contributed by atoms with Gasteiger partial charge in [-0.3, -0.25) is 4.98 Å². The first-order valence-corrected chi connectivity index (χ1v) is 6.97. The molecule has 3 aromatic rings. The molecule has 0 spiro atoms. The predicted molar refractivity (Wildman–Crippen MR) is 85.2 cm³/mol. The van der Waals surface area contributed by atoms with Gasteiger partial charge in [-0.25, -0.2) is 0 Å². The first-order chi connectivity index (χ1) is 9.72. The van der Waals surface area contributed by atoms with Crippen LogP contribution < -0.4 is 5.32 Å². The lowest BCUT2D eigenvalue weighted by Crippen LogP contribution is -2.06. The lowest BCUT2D eigenvalue weighted by Gasteiger charge is -2.16. The van der Waals surface area contributed by atoms with Gasteiger partial charge in [0.05, 0.1) is 17.4 Å². The molecule has 1 heterocycles. The molecule has 3 rings (SSSR count). The monoisotopic (exact) mass is 282 g/mol. The van der Waals surface area contributed by atoms with Crippen molar-refractivity contribution in [3.8, 4) is 0 Å². The second kappa shape index (κ2) is 5.51. The van der Waals surface area contributed by atoms with Gasteiger partial charge < -0.3 is 5.32 Å². The van der Waals surface area contributed by atoms with Crippen LogP contribution in [-0.4, -0.2) is 4.98 Å². The maximum absolute atomic E-state index is 6.03. The third kappa shape index (κ3) is 2.75. The molecule has 20 heavy (non-hydrogen) atoms. The highest BCUT2D eigenvalue weighted by molar-refractivity contribution is 6.30. The minimum atomic E-state index is 0.177. The van der Waals surface area contributed by atoms with Crippen molar-refractivity contribution in [3.63, 3.8) is 0 Å². The molecular formula is C17H15ClN2. The average molecular weight is 283 g/mol. The molecule has 3 heteroatoms. The van der Waals surface area contributed by atoms with Crippen molar-refractivity contribution in [2.24, 2.45) is 0 Å².